The molecule has 4 aromatic rings. The standard InChI is InChI=1S/C31H31NO2/c1-21-16-22(2)18-27(17-21)31-30-9-5-7-26(29(30)14-15-32-31)20-25-12-10-24(11-13-25)6-4-8-28(34)19-23(3)33/h5,7,9-19,34H,4,6,8,20H2,1-3H3. The van der Waals surface area contributed by atoms with Gasteiger partial charge in [-0.1, -0.05) is 59.7 Å². The fourth-order valence-corrected chi connectivity index (χ4v) is 4.59. The Labute approximate surface area is 201 Å². The molecule has 0 amide bonds. The Kier molecular flexibility index (Phi) is 7.22. The highest BCUT2D eigenvalue weighted by molar-refractivity contribution is 5.96. The molecule has 0 aliphatic rings. The SMILES string of the molecule is CC(=O)C=C(O)CCCc1ccc(Cc2cccc3c(-c4cc(C)cc(C)c4)nccc23)cc1. The normalized spacial score (nSPS) is 11.7. The van der Waals surface area contributed by atoms with Gasteiger partial charge in [-0.25, -0.2) is 0 Å². The molecule has 0 aliphatic carbocycles. The highest BCUT2D eigenvalue weighted by atomic mass is 16.3. The second kappa shape index (κ2) is 10.5. The fourth-order valence-electron chi connectivity index (χ4n) is 4.59. The maximum absolute atomic E-state index is 11.0. The van der Waals surface area contributed by atoms with Crippen LogP contribution in [0, 0.1) is 13.8 Å². The van der Waals surface area contributed by atoms with Crippen molar-refractivity contribution in [1.29, 1.82) is 0 Å². The van der Waals surface area contributed by atoms with Crippen LogP contribution >= 0.6 is 0 Å². The number of carbonyl (C=O) groups is 1. The smallest absolute Gasteiger partial charge is 0.155 e. The lowest BCUT2D eigenvalue weighted by Crippen LogP contribution is -1.94. The largest absolute Gasteiger partial charge is 0.512 e. The van der Waals surface area contributed by atoms with Gasteiger partial charge in [0.1, 0.15) is 0 Å². The van der Waals surface area contributed by atoms with E-state index < -0.39 is 0 Å². The maximum Gasteiger partial charge on any atom is 0.155 e. The number of benzene rings is 3. The molecule has 0 saturated carbocycles. The van der Waals surface area contributed by atoms with Crippen molar-refractivity contribution in [3.8, 4) is 11.3 Å². The molecule has 3 heteroatoms. The molecule has 1 heterocycles. The first kappa shape index (κ1) is 23.4. The van der Waals surface area contributed by atoms with Crippen molar-refractivity contribution < 1.29 is 9.90 Å². The van der Waals surface area contributed by atoms with E-state index in [1.54, 1.807) is 0 Å². The van der Waals surface area contributed by atoms with Crippen LogP contribution in [0.3, 0.4) is 0 Å². The van der Waals surface area contributed by atoms with E-state index in [4.69, 9.17) is 4.98 Å². The monoisotopic (exact) mass is 449 g/mol. The number of rotatable bonds is 8. The highest BCUT2D eigenvalue weighted by Gasteiger charge is 2.10. The number of pyridine rings is 1. The van der Waals surface area contributed by atoms with Crippen molar-refractivity contribution in [3.63, 3.8) is 0 Å². The van der Waals surface area contributed by atoms with Crippen molar-refractivity contribution >= 4 is 16.6 Å². The first-order valence-electron chi connectivity index (χ1n) is 11.8. The molecule has 0 unspecified atom stereocenters. The average molecular weight is 450 g/mol. The number of aromatic nitrogens is 1. The number of aliphatic hydroxyl groups is 1. The highest BCUT2D eigenvalue weighted by Crippen LogP contribution is 2.30. The summed E-state index contributed by atoms with van der Waals surface area (Å²) < 4.78 is 0. The van der Waals surface area contributed by atoms with Crippen LogP contribution in [0.5, 0.6) is 0 Å². The van der Waals surface area contributed by atoms with Crippen LogP contribution in [0.2, 0.25) is 0 Å². The molecule has 0 saturated heterocycles. The van der Waals surface area contributed by atoms with Gasteiger partial charge in [0.25, 0.3) is 0 Å². The molecule has 3 aromatic carbocycles. The van der Waals surface area contributed by atoms with Crippen LogP contribution in [0.1, 0.15) is 47.6 Å². The Bertz CT molecular complexity index is 1330. The van der Waals surface area contributed by atoms with E-state index >= 15 is 0 Å². The summed E-state index contributed by atoms with van der Waals surface area (Å²) in [6.45, 7) is 5.70. The van der Waals surface area contributed by atoms with Crippen molar-refractivity contribution in [2.24, 2.45) is 0 Å². The predicted octanol–water partition coefficient (Wildman–Crippen LogP) is 7.46. The topological polar surface area (TPSA) is 50.2 Å². The molecule has 0 spiro atoms. The van der Waals surface area contributed by atoms with Crippen LogP contribution in [0.4, 0.5) is 0 Å². The van der Waals surface area contributed by atoms with Gasteiger partial charge >= 0.3 is 0 Å². The zero-order valence-electron chi connectivity index (χ0n) is 20.1. The van der Waals surface area contributed by atoms with E-state index in [1.807, 2.05) is 6.20 Å². The fraction of sp³-hybridized carbons (Fsp3) is 0.226. The minimum absolute atomic E-state index is 0.118. The van der Waals surface area contributed by atoms with Gasteiger partial charge in [0.2, 0.25) is 0 Å². The number of fused-ring (bicyclic) bond motifs is 1. The number of aliphatic hydroxyl groups excluding tert-OH is 1. The average Bonchev–Trinajstić information content (AvgIpc) is 2.79. The van der Waals surface area contributed by atoms with Gasteiger partial charge in [0.15, 0.2) is 5.78 Å². The zero-order valence-corrected chi connectivity index (χ0v) is 20.1. The molecular formula is C31H31NO2. The van der Waals surface area contributed by atoms with Crippen molar-refractivity contribution in [3.05, 3.63) is 113 Å². The van der Waals surface area contributed by atoms with Crippen LogP contribution < -0.4 is 0 Å². The lowest BCUT2D eigenvalue weighted by Gasteiger charge is -2.12. The van der Waals surface area contributed by atoms with Gasteiger partial charge in [-0.15, -0.1) is 0 Å². The van der Waals surface area contributed by atoms with Gasteiger partial charge in [-0.05, 0) is 80.3 Å². The minimum Gasteiger partial charge on any atom is -0.512 e. The molecule has 1 N–H and O–H groups in total. The van der Waals surface area contributed by atoms with Crippen LogP contribution in [-0.2, 0) is 17.6 Å². The molecular weight excluding hydrogens is 418 g/mol. The Morgan fingerprint density at radius 2 is 1.62 bits per heavy atom. The van der Waals surface area contributed by atoms with E-state index in [9.17, 15) is 9.90 Å². The summed E-state index contributed by atoms with van der Waals surface area (Å²) in [5.74, 6) is 0.0435. The van der Waals surface area contributed by atoms with E-state index in [2.05, 4.69) is 80.6 Å². The molecule has 0 bridgehead atoms. The second-order valence-corrected chi connectivity index (χ2v) is 9.14. The molecule has 172 valence electrons. The van der Waals surface area contributed by atoms with Gasteiger partial charge in [-0.3, -0.25) is 9.78 Å². The molecule has 4 rings (SSSR count). The van der Waals surface area contributed by atoms with Gasteiger partial charge in [0.05, 0.1) is 11.5 Å². The van der Waals surface area contributed by atoms with Crippen molar-refractivity contribution in [2.45, 2.75) is 46.5 Å². The third kappa shape index (κ3) is 5.79. The number of hydrogen-bond acceptors (Lipinski definition) is 3. The van der Waals surface area contributed by atoms with Crippen LogP contribution in [0.25, 0.3) is 22.0 Å². The Morgan fingerprint density at radius 3 is 2.32 bits per heavy atom. The molecule has 0 atom stereocenters. The van der Waals surface area contributed by atoms with E-state index in [-0.39, 0.29) is 11.5 Å². The van der Waals surface area contributed by atoms with Gasteiger partial charge < -0.3 is 5.11 Å². The van der Waals surface area contributed by atoms with Crippen LogP contribution in [0.15, 0.2) is 84.8 Å². The second-order valence-electron chi connectivity index (χ2n) is 9.14. The molecule has 1 aromatic heterocycles. The number of nitrogens with zero attached hydrogens (tertiary/aromatic N) is 1. The van der Waals surface area contributed by atoms with E-state index in [1.165, 1.54) is 51.6 Å². The van der Waals surface area contributed by atoms with E-state index in [0.29, 0.717) is 6.42 Å². The first-order chi connectivity index (χ1) is 16.4. The zero-order chi connectivity index (χ0) is 24.1. The number of aryl methyl sites for hydroxylation is 3. The van der Waals surface area contributed by atoms with Crippen molar-refractivity contribution in [2.75, 3.05) is 0 Å². The summed E-state index contributed by atoms with van der Waals surface area (Å²) in [6.07, 6.45) is 6.28. The minimum atomic E-state index is -0.118. The molecule has 34 heavy (non-hydrogen) atoms. The Balaban J connectivity index is 1.52. The summed E-state index contributed by atoms with van der Waals surface area (Å²) in [4.78, 5) is 15.8. The quantitative estimate of drug-likeness (QED) is 0.224. The number of allylic oxidation sites excluding steroid dienone is 2. The van der Waals surface area contributed by atoms with Crippen molar-refractivity contribution in [1.82, 2.24) is 4.98 Å². The van der Waals surface area contributed by atoms with Gasteiger partial charge in [-0.2, -0.15) is 0 Å². The lowest BCUT2D eigenvalue weighted by molar-refractivity contribution is -0.112. The summed E-state index contributed by atoms with van der Waals surface area (Å²) in [6, 6.07) is 23.9. The Morgan fingerprint density at radius 1 is 0.912 bits per heavy atom. The van der Waals surface area contributed by atoms with E-state index in [0.717, 1.165) is 30.5 Å². The lowest BCUT2D eigenvalue weighted by atomic mass is 9.95. The Hall–Kier alpha value is -3.72. The maximum atomic E-state index is 11.0. The summed E-state index contributed by atoms with van der Waals surface area (Å²) in [5.41, 5.74) is 8.47. The summed E-state index contributed by atoms with van der Waals surface area (Å²) in [5, 5.41) is 12.2. The summed E-state index contributed by atoms with van der Waals surface area (Å²) >= 11 is 0. The summed E-state index contributed by atoms with van der Waals surface area (Å²) in [7, 11) is 0. The number of ketones is 1. The van der Waals surface area contributed by atoms with Gasteiger partial charge in [0, 0.05) is 29.6 Å². The first-order valence-corrected chi connectivity index (χ1v) is 11.8. The van der Waals surface area contributed by atoms with Crippen LogP contribution in [-0.4, -0.2) is 15.9 Å². The predicted molar refractivity (Wildman–Crippen MR) is 140 cm³/mol. The molecule has 0 fully saturated rings. The molecule has 0 aliphatic heterocycles. The third-order valence-electron chi connectivity index (χ3n) is 6.08. The molecule has 3 nitrogen and oxygen atoms in total. The third-order valence-corrected chi connectivity index (χ3v) is 6.08. The molecule has 0 radical (unpaired) electrons. The number of carbonyl (C=O) groups excluding carboxylic acids is 1. The number of hydrogen-bond donors (Lipinski definition) is 1.